The SMILES string of the molecule is CC(N)CC(=O)c1c(Cl)cnn1C(C)C. The molecule has 0 aliphatic heterocycles. The van der Waals surface area contributed by atoms with Gasteiger partial charge in [0.25, 0.3) is 0 Å². The first-order valence-corrected chi connectivity index (χ1v) is 5.33. The van der Waals surface area contributed by atoms with E-state index in [2.05, 4.69) is 5.10 Å². The number of hydrogen-bond donors (Lipinski definition) is 1. The van der Waals surface area contributed by atoms with Gasteiger partial charge >= 0.3 is 0 Å². The standard InChI is InChI=1S/C10H16ClN3O/c1-6(2)14-10(8(11)5-13-14)9(15)4-7(3)12/h5-7H,4,12H2,1-3H3. The molecule has 0 aliphatic rings. The molecule has 1 unspecified atom stereocenters. The predicted octanol–water partition coefficient (Wildman–Crippen LogP) is 2.04. The van der Waals surface area contributed by atoms with Crippen LogP contribution in [0, 0.1) is 0 Å². The minimum Gasteiger partial charge on any atom is -0.328 e. The Bertz CT molecular complexity index is 358. The zero-order valence-electron chi connectivity index (χ0n) is 9.20. The highest BCUT2D eigenvalue weighted by atomic mass is 35.5. The number of carbonyl (C=O) groups is 1. The molecule has 84 valence electrons. The molecule has 4 nitrogen and oxygen atoms in total. The molecule has 1 aromatic heterocycles. The van der Waals surface area contributed by atoms with Crippen LogP contribution in [0.15, 0.2) is 6.20 Å². The van der Waals surface area contributed by atoms with E-state index in [1.807, 2.05) is 13.8 Å². The number of halogens is 1. The number of nitrogens with zero attached hydrogens (tertiary/aromatic N) is 2. The van der Waals surface area contributed by atoms with Gasteiger partial charge in [0.1, 0.15) is 5.69 Å². The molecule has 0 saturated heterocycles. The molecule has 15 heavy (non-hydrogen) atoms. The Labute approximate surface area is 94.4 Å². The summed E-state index contributed by atoms with van der Waals surface area (Å²) in [5, 5.41) is 4.46. The second kappa shape index (κ2) is 4.77. The Kier molecular flexibility index (Phi) is 3.88. The minimum atomic E-state index is -0.163. The molecule has 1 heterocycles. The van der Waals surface area contributed by atoms with E-state index in [1.54, 1.807) is 11.6 Å². The van der Waals surface area contributed by atoms with Crippen molar-refractivity contribution in [2.24, 2.45) is 5.73 Å². The summed E-state index contributed by atoms with van der Waals surface area (Å²) in [5.41, 5.74) is 6.04. The van der Waals surface area contributed by atoms with E-state index < -0.39 is 0 Å². The number of rotatable bonds is 4. The molecular weight excluding hydrogens is 214 g/mol. The van der Waals surface area contributed by atoms with Crippen LogP contribution in [0.3, 0.4) is 0 Å². The summed E-state index contributed by atoms with van der Waals surface area (Å²) in [4.78, 5) is 11.8. The van der Waals surface area contributed by atoms with E-state index in [4.69, 9.17) is 17.3 Å². The molecule has 0 aliphatic carbocycles. The van der Waals surface area contributed by atoms with Crippen molar-refractivity contribution in [1.82, 2.24) is 9.78 Å². The molecule has 5 heteroatoms. The van der Waals surface area contributed by atoms with E-state index in [0.29, 0.717) is 10.7 Å². The van der Waals surface area contributed by atoms with Crippen LogP contribution in [0.2, 0.25) is 5.02 Å². The third-order valence-electron chi connectivity index (χ3n) is 2.01. The molecule has 0 amide bonds. The van der Waals surface area contributed by atoms with Gasteiger partial charge in [-0.25, -0.2) is 0 Å². The number of carbonyl (C=O) groups excluding carboxylic acids is 1. The van der Waals surface area contributed by atoms with Crippen LogP contribution in [-0.2, 0) is 0 Å². The average molecular weight is 230 g/mol. The van der Waals surface area contributed by atoms with Crippen LogP contribution in [-0.4, -0.2) is 21.6 Å². The summed E-state index contributed by atoms with van der Waals surface area (Å²) < 4.78 is 1.63. The summed E-state index contributed by atoms with van der Waals surface area (Å²) >= 11 is 5.92. The first kappa shape index (κ1) is 12.2. The van der Waals surface area contributed by atoms with Gasteiger partial charge in [0.05, 0.1) is 11.2 Å². The highest BCUT2D eigenvalue weighted by Crippen LogP contribution is 2.20. The van der Waals surface area contributed by atoms with Gasteiger partial charge in [0.15, 0.2) is 5.78 Å². The van der Waals surface area contributed by atoms with Crippen LogP contribution >= 0.6 is 11.6 Å². The van der Waals surface area contributed by atoms with Crippen molar-refractivity contribution >= 4 is 17.4 Å². The van der Waals surface area contributed by atoms with Crippen molar-refractivity contribution in [2.75, 3.05) is 0 Å². The summed E-state index contributed by atoms with van der Waals surface area (Å²) in [6.45, 7) is 5.69. The lowest BCUT2D eigenvalue weighted by atomic mass is 10.1. The molecule has 0 fully saturated rings. The smallest absolute Gasteiger partial charge is 0.183 e. The molecule has 1 aromatic rings. The Morgan fingerprint density at radius 3 is 2.67 bits per heavy atom. The number of nitrogens with two attached hydrogens (primary N) is 1. The van der Waals surface area contributed by atoms with Crippen molar-refractivity contribution in [3.63, 3.8) is 0 Å². The highest BCUT2D eigenvalue weighted by molar-refractivity contribution is 6.33. The van der Waals surface area contributed by atoms with Gasteiger partial charge in [-0.05, 0) is 20.8 Å². The first-order valence-electron chi connectivity index (χ1n) is 4.95. The number of ketones is 1. The van der Waals surface area contributed by atoms with Crippen LogP contribution < -0.4 is 5.73 Å². The van der Waals surface area contributed by atoms with Crippen molar-refractivity contribution < 1.29 is 4.79 Å². The van der Waals surface area contributed by atoms with Crippen LogP contribution in [0.4, 0.5) is 0 Å². The summed E-state index contributed by atoms with van der Waals surface area (Å²) in [5.74, 6) is -0.0544. The Morgan fingerprint density at radius 1 is 1.60 bits per heavy atom. The molecule has 0 saturated carbocycles. The normalized spacial score (nSPS) is 13.2. The topological polar surface area (TPSA) is 60.9 Å². The van der Waals surface area contributed by atoms with Crippen LogP contribution in [0.25, 0.3) is 0 Å². The lowest BCUT2D eigenvalue weighted by Crippen LogP contribution is -2.22. The zero-order valence-corrected chi connectivity index (χ0v) is 9.95. The van der Waals surface area contributed by atoms with Gasteiger partial charge in [-0.1, -0.05) is 11.6 Å². The largest absolute Gasteiger partial charge is 0.328 e. The molecule has 1 rings (SSSR count). The van der Waals surface area contributed by atoms with Crippen molar-refractivity contribution in [1.29, 1.82) is 0 Å². The average Bonchev–Trinajstić information content (AvgIpc) is 2.45. The minimum absolute atomic E-state index is 0.0544. The molecule has 0 aromatic carbocycles. The summed E-state index contributed by atoms with van der Waals surface area (Å²) in [6, 6.07) is -0.0476. The third-order valence-corrected chi connectivity index (χ3v) is 2.29. The predicted molar refractivity (Wildman–Crippen MR) is 60.2 cm³/mol. The van der Waals surface area contributed by atoms with E-state index in [1.165, 1.54) is 6.20 Å². The van der Waals surface area contributed by atoms with Crippen LogP contribution in [0.5, 0.6) is 0 Å². The van der Waals surface area contributed by atoms with E-state index >= 15 is 0 Å². The van der Waals surface area contributed by atoms with E-state index in [-0.39, 0.29) is 24.3 Å². The summed E-state index contributed by atoms with van der Waals surface area (Å²) in [7, 11) is 0. The fraction of sp³-hybridized carbons (Fsp3) is 0.600. The quantitative estimate of drug-likeness (QED) is 0.804. The molecule has 1 atom stereocenters. The van der Waals surface area contributed by atoms with E-state index in [9.17, 15) is 4.79 Å². The molecule has 0 spiro atoms. The maximum Gasteiger partial charge on any atom is 0.183 e. The van der Waals surface area contributed by atoms with Gasteiger partial charge in [-0.3, -0.25) is 9.48 Å². The van der Waals surface area contributed by atoms with Gasteiger partial charge in [0.2, 0.25) is 0 Å². The zero-order chi connectivity index (χ0) is 11.6. The molecular formula is C10H16ClN3O. The third kappa shape index (κ3) is 2.79. The Balaban J connectivity index is 3.01. The Morgan fingerprint density at radius 2 is 2.20 bits per heavy atom. The number of hydrogen-bond acceptors (Lipinski definition) is 3. The maximum absolute atomic E-state index is 11.8. The first-order chi connectivity index (χ1) is 6.93. The van der Waals surface area contributed by atoms with Gasteiger partial charge in [-0.2, -0.15) is 5.10 Å². The fourth-order valence-corrected chi connectivity index (χ4v) is 1.62. The van der Waals surface area contributed by atoms with Gasteiger partial charge in [-0.15, -0.1) is 0 Å². The maximum atomic E-state index is 11.8. The van der Waals surface area contributed by atoms with Crippen molar-refractivity contribution in [3.8, 4) is 0 Å². The Hall–Kier alpha value is -0.870. The van der Waals surface area contributed by atoms with Gasteiger partial charge < -0.3 is 5.73 Å². The van der Waals surface area contributed by atoms with E-state index in [0.717, 1.165) is 0 Å². The molecule has 0 radical (unpaired) electrons. The van der Waals surface area contributed by atoms with Crippen molar-refractivity contribution in [3.05, 3.63) is 16.9 Å². The lowest BCUT2D eigenvalue weighted by molar-refractivity contribution is 0.0964. The van der Waals surface area contributed by atoms with Gasteiger partial charge in [0, 0.05) is 18.5 Å². The highest BCUT2D eigenvalue weighted by Gasteiger charge is 2.19. The molecule has 2 N–H and O–H groups in total. The van der Waals surface area contributed by atoms with Crippen molar-refractivity contribution in [2.45, 2.75) is 39.3 Å². The second-order valence-electron chi connectivity index (χ2n) is 3.98. The summed E-state index contributed by atoms with van der Waals surface area (Å²) in [6.07, 6.45) is 1.79. The number of Topliss-reactive ketones (excluding diaryl/α,β-unsaturated/α-hetero) is 1. The lowest BCUT2D eigenvalue weighted by Gasteiger charge is -2.11. The number of aromatic nitrogens is 2. The fourth-order valence-electron chi connectivity index (χ4n) is 1.38. The monoisotopic (exact) mass is 229 g/mol. The van der Waals surface area contributed by atoms with Crippen LogP contribution in [0.1, 0.15) is 43.7 Å². The second-order valence-corrected chi connectivity index (χ2v) is 4.39. The molecule has 0 bridgehead atoms.